The number of rotatable bonds is 2. The van der Waals surface area contributed by atoms with Crippen LogP contribution < -0.4 is 5.73 Å². The van der Waals surface area contributed by atoms with E-state index in [0.29, 0.717) is 11.9 Å². The van der Waals surface area contributed by atoms with Crippen LogP contribution in [-0.2, 0) is 6.42 Å². The van der Waals surface area contributed by atoms with Gasteiger partial charge in [0, 0.05) is 6.04 Å². The lowest BCUT2D eigenvalue weighted by Crippen LogP contribution is -2.07. The van der Waals surface area contributed by atoms with E-state index in [1.54, 1.807) is 0 Å². The van der Waals surface area contributed by atoms with Gasteiger partial charge >= 0.3 is 0 Å². The van der Waals surface area contributed by atoms with Crippen LogP contribution in [0.3, 0.4) is 0 Å². The molecule has 0 atom stereocenters. The summed E-state index contributed by atoms with van der Waals surface area (Å²) in [6.45, 7) is 6.18. The third-order valence-electron chi connectivity index (χ3n) is 1.65. The molecule has 1 heterocycles. The van der Waals surface area contributed by atoms with Crippen molar-refractivity contribution in [1.29, 1.82) is 0 Å². The smallest absolute Gasteiger partial charge is 0.169 e. The van der Waals surface area contributed by atoms with Gasteiger partial charge in [-0.3, -0.25) is 0 Å². The number of hydrogen-bond acceptors (Lipinski definition) is 3. The topological polar surface area (TPSA) is 56.7 Å². The predicted octanol–water partition coefficient (Wildman–Crippen LogP) is 1.00. The zero-order valence-electron chi connectivity index (χ0n) is 7.20. The minimum absolute atomic E-state index is 0.342. The van der Waals surface area contributed by atoms with Crippen molar-refractivity contribution >= 4 is 5.82 Å². The normalized spacial score (nSPS) is 10.9. The molecule has 4 nitrogen and oxygen atoms in total. The van der Waals surface area contributed by atoms with E-state index in [1.165, 1.54) is 0 Å². The van der Waals surface area contributed by atoms with E-state index < -0.39 is 0 Å². The van der Waals surface area contributed by atoms with Gasteiger partial charge in [0.15, 0.2) is 5.82 Å². The Kier molecular flexibility index (Phi) is 2.12. The molecule has 0 radical (unpaired) electrons. The third-order valence-corrected chi connectivity index (χ3v) is 1.65. The van der Waals surface area contributed by atoms with Gasteiger partial charge in [0.2, 0.25) is 0 Å². The molecule has 0 saturated carbocycles. The molecule has 1 aromatic heterocycles. The molecule has 62 valence electrons. The summed E-state index contributed by atoms with van der Waals surface area (Å²) in [6, 6.07) is 0.342. The van der Waals surface area contributed by atoms with Crippen LogP contribution in [-0.4, -0.2) is 15.0 Å². The Morgan fingerprint density at radius 2 is 2.18 bits per heavy atom. The lowest BCUT2D eigenvalue weighted by molar-refractivity contribution is 0.496. The Bertz CT molecular complexity index is 239. The van der Waals surface area contributed by atoms with Crippen molar-refractivity contribution in [3.63, 3.8) is 0 Å². The summed E-state index contributed by atoms with van der Waals surface area (Å²) in [4.78, 5) is 0. The Hall–Kier alpha value is -1.06. The van der Waals surface area contributed by atoms with Crippen LogP contribution in [0.15, 0.2) is 0 Å². The van der Waals surface area contributed by atoms with Crippen molar-refractivity contribution in [3.8, 4) is 0 Å². The van der Waals surface area contributed by atoms with Crippen LogP contribution in [0.4, 0.5) is 5.82 Å². The largest absolute Gasteiger partial charge is 0.381 e. The van der Waals surface area contributed by atoms with E-state index in [0.717, 1.165) is 12.1 Å². The van der Waals surface area contributed by atoms with Crippen LogP contribution >= 0.6 is 0 Å². The van der Waals surface area contributed by atoms with E-state index in [1.807, 2.05) is 11.6 Å². The fourth-order valence-electron chi connectivity index (χ4n) is 1.08. The molecule has 0 aliphatic rings. The third kappa shape index (κ3) is 1.34. The quantitative estimate of drug-likeness (QED) is 0.691. The number of nitrogens with two attached hydrogens (primary N) is 1. The van der Waals surface area contributed by atoms with Gasteiger partial charge < -0.3 is 5.73 Å². The molecule has 0 fully saturated rings. The standard InChI is InChI=1S/C7H14N4/c1-4-6-7(8)9-10-11(6)5(2)3/h5H,4,8H2,1-3H3. The fourth-order valence-corrected chi connectivity index (χ4v) is 1.08. The first-order chi connectivity index (χ1) is 5.16. The molecule has 0 aliphatic heterocycles. The first-order valence-corrected chi connectivity index (χ1v) is 3.86. The van der Waals surface area contributed by atoms with E-state index in [4.69, 9.17) is 5.73 Å². The van der Waals surface area contributed by atoms with Gasteiger partial charge in [-0.2, -0.15) is 0 Å². The first-order valence-electron chi connectivity index (χ1n) is 3.86. The van der Waals surface area contributed by atoms with Gasteiger partial charge in [0.05, 0.1) is 5.69 Å². The molecule has 0 spiro atoms. The summed E-state index contributed by atoms with van der Waals surface area (Å²) in [5.41, 5.74) is 6.62. The lowest BCUT2D eigenvalue weighted by atomic mass is 10.3. The summed E-state index contributed by atoms with van der Waals surface area (Å²) < 4.78 is 1.86. The van der Waals surface area contributed by atoms with Crippen molar-refractivity contribution in [2.75, 3.05) is 5.73 Å². The summed E-state index contributed by atoms with van der Waals surface area (Å²) >= 11 is 0. The van der Waals surface area contributed by atoms with E-state index in [2.05, 4.69) is 24.2 Å². The molecule has 0 amide bonds. The zero-order chi connectivity index (χ0) is 8.43. The molecule has 0 unspecified atom stereocenters. The number of anilines is 1. The monoisotopic (exact) mass is 154 g/mol. The molecule has 11 heavy (non-hydrogen) atoms. The van der Waals surface area contributed by atoms with Crippen molar-refractivity contribution in [3.05, 3.63) is 5.69 Å². The summed E-state index contributed by atoms with van der Waals surface area (Å²) in [7, 11) is 0. The van der Waals surface area contributed by atoms with Gasteiger partial charge in [-0.1, -0.05) is 12.1 Å². The molecule has 1 aromatic rings. The highest BCUT2D eigenvalue weighted by atomic mass is 15.5. The van der Waals surface area contributed by atoms with Crippen LogP contribution in [0.2, 0.25) is 0 Å². The maximum atomic E-state index is 5.60. The highest BCUT2D eigenvalue weighted by Gasteiger charge is 2.09. The van der Waals surface area contributed by atoms with E-state index in [-0.39, 0.29) is 0 Å². The molecular weight excluding hydrogens is 140 g/mol. The summed E-state index contributed by atoms with van der Waals surface area (Å²) in [5.74, 6) is 0.557. The second-order valence-corrected chi connectivity index (χ2v) is 2.81. The van der Waals surface area contributed by atoms with Crippen LogP contribution in [0.1, 0.15) is 32.5 Å². The van der Waals surface area contributed by atoms with Gasteiger partial charge in [-0.15, -0.1) is 5.10 Å². The molecule has 0 saturated heterocycles. The maximum absolute atomic E-state index is 5.60. The SMILES string of the molecule is CCc1c(N)nnn1C(C)C. The fraction of sp³-hybridized carbons (Fsp3) is 0.714. The Morgan fingerprint density at radius 1 is 1.55 bits per heavy atom. The summed E-state index contributed by atoms with van der Waals surface area (Å²) in [5, 5.41) is 7.73. The Balaban J connectivity index is 3.05. The van der Waals surface area contributed by atoms with Gasteiger partial charge in [-0.05, 0) is 20.3 Å². The van der Waals surface area contributed by atoms with Crippen LogP contribution in [0, 0.1) is 0 Å². The number of aromatic nitrogens is 3. The summed E-state index contributed by atoms with van der Waals surface area (Å²) in [6.07, 6.45) is 0.886. The minimum Gasteiger partial charge on any atom is -0.381 e. The molecular formula is C7H14N4. The van der Waals surface area contributed by atoms with Crippen LogP contribution in [0.5, 0.6) is 0 Å². The Labute approximate surface area is 66.4 Å². The number of hydrogen-bond donors (Lipinski definition) is 1. The van der Waals surface area contributed by atoms with Crippen LogP contribution in [0.25, 0.3) is 0 Å². The van der Waals surface area contributed by atoms with Gasteiger partial charge in [0.1, 0.15) is 0 Å². The average molecular weight is 154 g/mol. The number of nitrogen functional groups attached to an aromatic ring is 1. The van der Waals surface area contributed by atoms with E-state index >= 15 is 0 Å². The predicted molar refractivity (Wildman–Crippen MR) is 44.2 cm³/mol. The van der Waals surface area contributed by atoms with Crippen molar-refractivity contribution < 1.29 is 0 Å². The minimum atomic E-state index is 0.342. The molecule has 0 aromatic carbocycles. The highest BCUT2D eigenvalue weighted by Crippen LogP contribution is 2.12. The van der Waals surface area contributed by atoms with Gasteiger partial charge in [-0.25, -0.2) is 4.68 Å². The zero-order valence-corrected chi connectivity index (χ0v) is 7.20. The second kappa shape index (κ2) is 2.90. The second-order valence-electron chi connectivity index (χ2n) is 2.81. The van der Waals surface area contributed by atoms with Gasteiger partial charge in [0.25, 0.3) is 0 Å². The van der Waals surface area contributed by atoms with E-state index in [9.17, 15) is 0 Å². The lowest BCUT2D eigenvalue weighted by Gasteiger charge is -2.07. The van der Waals surface area contributed by atoms with Crippen molar-refractivity contribution in [2.45, 2.75) is 33.2 Å². The average Bonchev–Trinajstić information content (AvgIpc) is 2.30. The Morgan fingerprint density at radius 3 is 2.55 bits per heavy atom. The molecule has 2 N–H and O–H groups in total. The highest BCUT2D eigenvalue weighted by molar-refractivity contribution is 5.32. The number of nitrogens with zero attached hydrogens (tertiary/aromatic N) is 3. The maximum Gasteiger partial charge on any atom is 0.169 e. The molecule has 1 rings (SSSR count). The van der Waals surface area contributed by atoms with Crippen molar-refractivity contribution in [1.82, 2.24) is 15.0 Å². The molecule has 4 heteroatoms. The molecule has 0 aliphatic carbocycles. The van der Waals surface area contributed by atoms with Crippen molar-refractivity contribution in [2.24, 2.45) is 0 Å². The molecule has 0 bridgehead atoms. The first kappa shape index (κ1) is 8.04.